The number of carbonyl (C=O) groups is 1. The third-order valence-electron chi connectivity index (χ3n) is 6.42. The smallest absolute Gasteiger partial charge is 0.416 e. The molecule has 6 nitrogen and oxygen atoms in total. The van der Waals surface area contributed by atoms with E-state index in [0.29, 0.717) is 62.4 Å². The van der Waals surface area contributed by atoms with Crippen molar-refractivity contribution in [1.82, 2.24) is 4.90 Å². The van der Waals surface area contributed by atoms with E-state index in [1.165, 1.54) is 6.07 Å². The van der Waals surface area contributed by atoms with Crippen LogP contribution in [0, 0.1) is 0 Å². The van der Waals surface area contributed by atoms with Crippen molar-refractivity contribution in [1.29, 1.82) is 0 Å². The first-order valence-electron chi connectivity index (χ1n) is 10.9. The van der Waals surface area contributed by atoms with E-state index in [1.807, 2.05) is 12.1 Å². The van der Waals surface area contributed by atoms with Gasteiger partial charge in [0.2, 0.25) is 0 Å². The fraction of sp³-hybridized carbons (Fsp3) is 0.458. The maximum absolute atomic E-state index is 13.0. The highest BCUT2D eigenvalue weighted by Crippen LogP contribution is 2.37. The summed E-state index contributed by atoms with van der Waals surface area (Å²) in [5.41, 5.74) is -1.01. The first kappa shape index (κ1) is 23.4. The number of likely N-dealkylation sites (tertiary alicyclic amines) is 1. The second-order valence-corrected chi connectivity index (χ2v) is 8.56. The molecule has 1 atom stereocenters. The number of ether oxygens (including phenoxy) is 2. The van der Waals surface area contributed by atoms with Crippen molar-refractivity contribution in [2.24, 2.45) is 0 Å². The summed E-state index contributed by atoms with van der Waals surface area (Å²) in [6.45, 7) is 2.20. The topological polar surface area (TPSA) is 62.2 Å². The summed E-state index contributed by atoms with van der Waals surface area (Å²) < 4.78 is 49.8. The van der Waals surface area contributed by atoms with Crippen LogP contribution >= 0.6 is 0 Å². The highest BCUT2D eigenvalue weighted by Gasteiger charge is 2.38. The first-order valence-corrected chi connectivity index (χ1v) is 10.9. The van der Waals surface area contributed by atoms with Gasteiger partial charge in [-0.25, -0.2) is 4.79 Å². The summed E-state index contributed by atoms with van der Waals surface area (Å²) in [5, 5.41) is 11.0. The number of carbonyl (C=O) groups excluding carboxylic acids is 1. The molecular weight excluding hydrogens is 437 g/mol. The Kier molecular flexibility index (Phi) is 6.54. The van der Waals surface area contributed by atoms with Crippen molar-refractivity contribution in [3.05, 3.63) is 59.7 Å². The van der Waals surface area contributed by atoms with Crippen LogP contribution in [-0.4, -0.2) is 55.5 Å². The molecule has 0 spiro atoms. The van der Waals surface area contributed by atoms with Gasteiger partial charge >= 0.3 is 12.3 Å². The highest BCUT2D eigenvalue weighted by atomic mass is 19.4. The molecule has 2 aliphatic heterocycles. The molecule has 4 rings (SSSR count). The molecule has 0 aromatic heterocycles. The molecule has 0 aliphatic carbocycles. The minimum atomic E-state index is -4.44. The number of rotatable bonds is 6. The first-order chi connectivity index (χ1) is 15.7. The third kappa shape index (κ3) is 5.25. The van der Waals surface area contributed by atoms with Crippen molar-refractivity contribution < 1.29 is 32.5 Å². The maximum Gasteiger partial charge on any atom is 0.416 e. The van der Waals surface area contributed by atoms with Gasteiger partial charge in [-0.15, -0.1) is 0 Å². The van der Waals surface area contributed by atoms with Gasteiger partial charge in [0.1, 0.15) is 11.9 Å². The van der Waals surface area contributed by atoms with Crippen LogP contribution in [0.5, 0.6) is 5.75 Å². The standard InChI is InChI=1S/C24H27F3N2O4/c1-32-20-7-3-6-19(15-20)29-16-21(33-22(29)30)8-11-28-12-9-23(31,10-13-28)17-4-2-5-18(14-17)24(25,26)27/h2-7,14-15,21,31H,8-13,16H2,1H3. The van der Waals surface area contributed by atoms with Crippen molar-refractivity contribution in [3.63, 3.8) is 0 Å². The Bertz CT molecular complexity index is 990. The number of halogens is 3. The number of piperidine rings is 1. The monoisotopic (exact) mass is 464 g/mol. The van der Waals surface area contributed by atoms with E-state index >= 15 is 0 Å². The van der Waals surface area contributed by atoms with E-state index in [1.54, 1.807) is 30.2 Å². The number of alkyl halides is 3. The van der Waals surface area contributed by atoms with E-state index in [-0.39, 0.29) is 6.10 Å². The van der Waals surface area contributed by atoms with E-state index in [9.17, 15) is 23.1 Å². The quantitative estimate of drug-likeness (QED) is 0.686. The molecule has 33 heavy (non-hydrogen) atoms. The Hall–Kier alpha value is -2.78. The van der Waals surface area contributed by atoms with Crippen LogP contribution in [0.1, 0.15) is 30.4 Å². The second kappa shape index (κ2) is 9.23. The molecule has 1 N–H and O–H groups in total. The molecule has 1 unspecified atom stereocenters. The molecule has 2 aromatic rings. The fourth-order valence-corrected chi connectivity index (χ4v) is 4.41. The summed E-state index contributed by atoms with van der Waals surface area (Å²) in [7, 11) is 1.57. The van der Waals surface area contributed by atoms with E-state index in [2.05, 4.69) is 4.90 Å². The van der Waals surface area contributed by atoms with Crippen LogP contribution in [0.2, 0.25) is 0 Å². The number of hydrogen-bond acceptors (Lipinski definition) is 5. The summed E-state index contributed by atoms with van der Waals surface area (Å²) in [6.07, 6.45) is -3.78. The maximum atomic E-state index is 13.0. The normalized spacial score (nSPS) is 21.2. The average Bonchev–Trinajstić information content (AvgIpc) is 3.19. The lowest BCUT2D eigenvalue weighted by Crippen LogP contribution is -2.43. The average molecular weight is 464 g/mol. The van der Waals surface area contributed by atoms with E-state index < -0.39 is 23.4 Å². The van der Waals surface area contributed by atoms with Gasteiger partial charge in [-0.3, -0.25) is 4.90 Å². The number of anilines is 1. The molecular formula is C24H27F3N2O4. The molecule has 1 amide bonds. The number of benzene rings is 2. The van der Waals surface area contributed by atoms with Gasteiger partial charge in [0.15, 0.2) is 0 Å². The number of methoxy groups -OCH3 is 1. The van der Waals surface area contributed by atoms with Gasteiger partial charge in [-0.05, 0) is 49.1 Å². The predicted octanol–water partition coefficient (Wildman–Crippen LogP) is 4.41. The molecule has 0 radical (unpaired) electrons. The lowest BCUT2D eigenvalue weighted by molar-refractivity contribution is -0.137. The number of hydrogen-bond donors (Lipinski definition) is 1. The lowest BCUT2D eigenvalue weighted by Gasteiger charge is -2.39. The lowest BCUT2D eigenvalue weighted by atomic mass is 9.83. The Balaban J connectivity index is 1.30. The van der Waals surface area contributed by atoms with Crippen molar-refractivity contribution in [2.75, 3.05) is 38.2 Å². The van der Waals surface area contributed by atoms with Crippen LogP contribution in [0.4, 0.5) is 23.7 Å². The highest BCUT2D eigenvalue weighted by molar-refractivity contribution is 5.89. The zero-order valence-electron chi connectivity index (χ0n) is 18.3. The molecule has 178 valence electrons. The number of aliphatic hydroxyl groups is 1. The van der Waals surface area contributed by atoms with Crippen molar-refractivity contribution in [3.8, 4) is 5.75 Å². The third-order valence-corrected chi connectivity index (χ3v) is 6.42. The molecule has 0 saturated carbocycles. The summed E-state index contributed by atoms with van der Waals surface area (Å²) in [4.78, 5) is 16.0. The van der Waals surface area contributed by atoms with Gasteiger partial charge in [0.25, 0.3) is 0 Å². The second-order valence-electron chi connectivity index (χ2n) is 8.56. The van der Waals surface area contributed by atoms with Crippen LogP contribution in [-0.2, 0) is 16.5 Å². The number of nitrogens with zero attached hydrogens (tertiary/aromatic N) is 2. The summed E-state index contributed by atoms with van der Waals surface area (Å²) in [6, 6.07) is 12.2. The van der Waals surface area contributed by atoms with E-state index in [4.69, 9.17) is 9.47 Å². The minimum Gasteiger partial charge on any atom is -0.497 e. The molecule has 2 aromatic carbocycles. The van der Waals surface area contributed by atoms with Gasteiger partial charge in [0, 0.05) is 25.7 Å². The fourth-order valence-electron chi connectivity index (χ4n) is 4.41. The van der Waals surface area contributed by atoms with Crippen LogP contribution in [0.3, 0.4) is 0 Å². The summed E-state index contributed by atoms with van der Waals surface area (Å²) in [5.74, 6) is 0.658. The summed E-state index contributed by atoms with van der Waals surface area (Å²) >= 11 is 0. The van der Waals surface area contributed by atoms with Crippen molar-refractivity contribution >= 4 is 11.8 Å². The van der Waals surface area contributed by atoms with Crippen LogP contribution in [0.15, 0.2) is 48.5 Å². The largest absolute Gasteiger partial charge is 0.497 e. The molecule has 2 aliphatic rings. The minimum absolute atomic E-state index is 0.257. The Morgan fingerprint density at radius 2 is 1.88 bits per heavy atom. The molecule has 2 fully saturated rings. The van der Waals surface area contributed by atoms with E-state index in [0.717, 1.165) is 12.1 Å². The van der Waals surface area contributed by atoms with Crippen molar-refractivity contribution in [2.45, 2.75) is 37.1 Å². The van der Waals surface area contributed by atoms with Gasteiger partial charge < -0.3 is 19.5 Å². The zero-order valence-corrected chi connectivity index (χ0v) is 18.3. The zero-order chi connectivity index (χ0) is 23.6. The Morgan fingerprint density at radius 3 is 2.58 bits per heavy atom. The Morgan fingerprint density at radius 1 is 1.15 bits per heavy atom. The number of cyclic esters (lactones) is 1. The molecule has 9 heteroatoms. The van der Waals surface area contributed by atoms with Crippen LogP contribution in [0.25, 0.3) is 0 Å². The molecule has 2 saturated heterocycles. The number of amides is 1. The molecule has 2 heterocycles. The van der Waals surface area contributed by atoms with Crippen LogP contribution < -0.4 is 9.64 Å². The Labute approximate surface area is 190 Å². The SMILES string of the molecule is COc1cccc(N2CC(CCN3CCC(O)(c4cccc(C(F)(F)F)c4)CC3)OC2=O)c1. The van der Waals surface area contributed by atoms with Gasteiger partial charge in [-0.1, -0.05) is 18.2 Å². The predicted molar refractivity (Wildman–Crippen MR) is 116 cm³/mol. The van der Waals surface area contributed by atoms with Gasteiger partial charge in [-0.2, -0.15) is 13.2 Å². The molecule has 0 bridgehead atoms. The van der Waals surface area contributed by atoms with Gasteiger partial charge in [0.05, 0.1) is 30.5 Å².